The third kappa shape index (κ3) is 0.639. The predicted octanol–water partition coefficient (Wildman–Crippen LogP) is 3.18. The van der Waals surface area contributed by atoms with Gasteiger partial charge < -0.3 is 8.83 Å². The summed E-state index contributed by atoms with van der Waals surface area (Å²) in [7, 11) is 0. The summed E-state index contributed by atoms with van der Waals surface area (Å²) in [6.07, 6.45) is 5.15. The fourth-order valence-electron chi connectivity index (χ4n) is 1.43. The van der Waals surface area contributed by atoms with Gasteiger partial charge in [0.1, 0.15) is 5.58 Å². The fourth-order valence-corrected chi connectivity index (χ4v) is 1.43. The summed E-state index contributed by atoms with van der Waals surface area (Å²) in [6, 6.07) is 5.98. The van der Waals surface area contributed by atoms with E-state index < -0.39 is 0 Å². The monoisotopic (exact) mass is 158 g/mol. The Morgan fingerprint density at radius 1 is 0.917 bits per heavy atom. The van der Waals surface area contributed by atoms with E-state index in [1.807, 2.05) is 12.1 Å². The second-order valence-corrected chi connectivity index (χ2v) is 2.81. The highest BCUT2D eigenvalue weighted by atomic mass is 16.3. The van der Waals surface area contributed by atoms with Crippen molar-refractivity contribution in [3.8, 4) is 0 Å². The summed E-state index contributed by atoms with van der Waals surface area (Å²) >= 11 is 0. The summed E-state index contributed by atoms with van der Waals surface area (Å²) in [6.45, 7) is 0. The lowest BCUT2D eigenvalue weighted by atomic mass is 10.2. The molecule has 58 valence electrons. The number of fused-ring (bicyclic) bond motifs is 2. The minimum Gasteiger partial charge on any atom is -0.471 e. The average Bonchev–Trinajstić information content (AvgIpc) is 2.64. The maximum absolute atomic E-state index is 5.25. The lowest BCUT2D eigenvalue weighted by Crippen LogP contribution is -1.63. The van der Waals surface area contributed by atoms with Gasteiger partial charge in [0.05, 0.1) is 18.8 Å². The summed E-state index contributed by atoms with van der Waals surface area (Å²) in [4.78, 5) is 0. The number of furan rings is 2. The molecule has 0 aliphatic rings. The van der Waals surface area contributed by atoms with E-state index in [0.29, 0.717) is 0 Å². The zero-order chi connectivity index (χ0) is 7.97. The molecule has 2 heterocycles. The number of rotatable bonds is 0. The molecule has 0 N–H and O–H groups in total. The van der Waals surface area contributed by atoms with Crippen LogP contribution < -0.4 is 0 Å². The molecular weight excluding hydrogens is 152 g/mol. The fraction of sp³-hybridized carbons (Fsp3) is 0. The minimum atomic E-state index is 0.906. The third-order valence-electron chi connectivity index (χ3n) is 2.05. The van der Waals surface area contributed by atoms with Crippen molar-refractivity contribution >= 4 is 21.7 Å². The van der Waals surface area contributed by atoms with Crippen molar-refractivity contribution in [2.45, 2.75) is 0 Å². The average molecular weight is 158 g/mol. The SMILES string of the molecule is c1cc2cc3cocc3cc2o1. The second kappa shape index (κ2) is 1.91. The van der Waals surface area contributed by atoms with E-state index in [2.05, 4.69) is 6.07 Å². The molecule has 0 fully saturated rings. The van der Waals surface area contributed by atoms with E-state index in [9.17, 15) is 0 Å². The molecule has 2 heteroatoms. The first-order chi connectivity index (χ1) is 5.93. The van der Waals surface area contributed by atoms with E-state index in [4.69, 9.17) is 8.83 Å². The highest BCUT2D eigenvalue weighted by Crippen LogP contribution is 2.23. The molecule has 1 aromatic carbocycles. The summed E-state index contributed by atoms with van der Waals surface area (Å²) in [5, 5.41) is 3.31. The molecule has 0 spiro atoms. The number of hydrogen-bond donors (Lipinski definition) is 0. The van der Waals surface area contributed by atoms with Crippen LogP contribution in [0.4, 0.5) is 0 Å². The van der Waals surface area contributed by atoms with Crippen LogP contribution in [0.5, 0.6) is 0 Å². The Bertz CT molecular complexity index is 440. The molecule has 3 rings (SSSR count). The molecule has 0 bridgehead atoms. The van der Waals surface area contributed by atoms with Crippen LogP contribution in [0.15, 0.2) is 45.8 Å². The van der Waals surface area contributed by atoms with Gasteiger partial charge in [-0.3, -0.25) is 0 Å². The maximum Gasteiger partial charge on any atom is 0.134 e. The van der Waals surface area contributed by atoms with E-state index in [1.54, 1.807) is 18.8 Å². The van der Waals surface area contributed by atoms with E-state index in [-0.39, 0.29) is 0 Å². The minimum absolute atomic E-state index is 0.906. The van der Waals surface area contributed by atoms with Gasteiger partial charge in [-0.1, -0.05) is 0 Å². The molecule has 0 unspecified atom stereocenters. The predicted molar refractivity (Wildman–Crippen MR) is 46.0 cm³/mol. The van der Waals surface area contributed by atoms with Gasteiger partial charge in [0, 0.05) is 16.2 Å². The Morgan fingerprint density at radius 2 is 1.75 bits per heavy atom. The smallest absolute Gasteiger partial charge is 0.134 e. The zero-order valence-corrected chi connectivity index (χ0v) is 6.28. The Kier molecular flexibility index (Phi) is 0.939. The second-order valence-electron chi connectivity index (χ2n) is 2.81. The van der Waals surface area contributed by atoms with E-state index in [1.165, 1.54) is 0 Å². The summed E-state index contributed by atoms with van der Waals surface area (Å²) in [5.74, 6) is 0. The molecule has 0 saturated heterocycles. The van der Waals surface area contributed by atoms with E-state index in [0.717, 1.165) is 21.7 Å². The van der Waals surface area contributed by atoms with Crippen LogP contribution in [0, 0.1) is 0 Å². The Hall–Kier alpha value is -1.70. The van der Waals surface area contributed by atoms with Crippen LogP contribution in [0.1, 0.15) is 0 Å². The first-order valence-electron chi connectivity index (χ1n) is 3.77. The van der Waals surface area contributed by atoms with Crippen molar-refractivity contribution in [2.75, 3.05) is 0 Å². The van der Waals surface area contributed by atoms with Crippen LogP contribution in [-0.4, -0.2) is 0 Å². The molecule has 0 aliphatic heterocycles. The molecule has 12 heavy (non-hydrogen) atoms. The molecule has 0 atom stereocenters. The van der Waals surface area contributed by atoms with Crippen molar-refractivity contribution < 1.29 is 8.83 Å². The van der Waals surface area contributed by atoms with Crippen molar-refractivity contribution in [2.24, 2.45) is 0 Å². The summed E-state index contributed by atoms with van der Waals surface area (Å²) < 4.78 is 10.3. The van der Waals surface area contributed by atoms with Gasteiger partial charge >= 0.3 is 0 Å². The first-order valence-corrected chi connectivity index (χ1v) is 3.77. The van der Waals surface area contributed by atoms with Crippen LogP contribution in [0.25, 0.3) is 21.7 Å². The molecular formula is C10H6O2. The lowest BCUT2D eigenvalue weighted by Gasteiger charge is -1.87. The molecule has 3 aromatic rings. The van der Waals surface area contributed by atoms with Gasteiger partial charge in [0.2, 0.25) is 0 Å². The molecule has 0 aliphatic carbocycles. The maximum atomic E-state index is 5.25. The highest BCUT2D eigenvalue weighted by molar-refractivity contribution is 5.95. The lowest BCUT2D eigenvalue weighted by molar-refractivity contribution is 0.572. The molecule has 0 saturated carbocycles. The van der Waals surface area contributed by atoms with Crippen LogP contribution >= 0.6 is 0 Å². The summed E-state index contributed by atoms with van der Waals surface area (Å²) in [5.41, 5.74) is 0.906. The molecule has 0 radical (unpaired) electrons. The van der Waals surface area contributed by atoms with Crippen molar-refractivity contribution in [1.29, 1.82) is 0 Å². The molecule has 2 nitrogen and oxygen atoms in total. The molecule has 2 aromatic heterocycles. The third-order valence-corrected chi connectivity index (χ3v) is 2.05. The number of hydrogen-bond acceptors (Lipinski definition) is 2. The standard InChI is InChI=1S/C10H6O2/c1-2-12-10-4-9-6-11-5-8(9)3-7(1)10/h1-6H. The Balaban J connectivity index is 2.62. The molecule has 0 amide bonds. The Morgan fingerprint density at radius 3 is 2.67 bits per heavy atom. The van der Waals surface area contributed by atoms with Crippen molar-refractivity contribution in [1.82, 2.24) is 0 Å². The van der Waals surface area contributed by atoms with Gasteiger partial charge in [-0.25, -0.2) is 0 Å². The normalized spacial score (nSPS) is 11.3. The van der Waals surface area contributed by atoms with Gasteiger partial charge in [0.25, 0.3) is 0 Å². The van der Waals surface area contributed by atoms with E-state index >= 15 is 0 Å². The first kappa shape index (κ1) is 5.89. The van der Waals surface area contributed by atoms with Crippen molar-refractivity contribution in [3.05, 3.63) is 37.0 Å². The topological polar surface area (TPSA) is 26.3 Å². The van der Waals surface area contributed by atoms with Crippen molar-refractivity contribution in [3.63, 3.8) is 0 Å². The largest absolute Gasteiger partial charge is 0.471 e. The van der Waals surface area contributed by atoms with Crippen LogP contribution in [0.3, 0.4) is 0 Å². The quantitative estimate of drug-likeness (QED) is 0.502. The number of benzene rings is 1. The Labute approximate surface area is 68.4 Å². The van der Waals surface area contributed by atoms with Gasteiger partial charge in [-0.2, -0.15) is 0 Å². The van der Waals surface area contributed by atoms with Gasteiger partial charge in [-0.05, 0) is 18.2 Å². The van der Waals surface area contributed by atoms with Gasteiger partial charge in [-0.15, -0.1) is 0 Å². The van der Waals surface area contributed by atoms with Gasteiger partial charge in [0.15, 0.2) is 0 Å². The highest BCUT2D eigenvalue weighted by Gasteiger charge is 2.00. The zero-order valence-electron chi connectivity index (χ0n) is 6.28. The van der Waals surface area contributed by atoms with Crippen LogP contribution in [-0.2, 0) is 0 Å². The van der Waals surface area contributed by atoms with Crippen LogP contribution in [0.2, 0.25) is 0 Å².